The van der Waals surface area contributed by atoms with Gasteiger partial charge in [-0.1, -0.05) is 24.4 Å². The molecule has 29 heavy (non-hydrogen) atoms. The zero-order valence-electron chi connectivity index (χ0n) is 15.5. The summed E-state index contributed by atoms with van der Waals surface area (Å²) in [6.45, 7) is 0. The van der Waals surface area contributed by atoms with E-state index in [1.807, 2.05) is 0 Å². The van der Waals surface area contributed by atoms with E-state index in [-0.39, 0.29) is 22.6 Å². The van der Waals surface area contributed by atoms with Crippen LogP contribution in [0.15, 0.2) is 66.9 Å². The Balaban J connectivity index is 1.75. The van der Waals surface area contributed by atoms with Crippen LogP contribution in [0.5, 0.6) is 5.75 Å². The summed E-state index contributed by atoms with van der Waals surface area (Å²) in [5.74, 6) is 0.171. The molecular formula is C21H18N4O3S. The van der Waals surface area contributed by atoms with Crippen LogP contribution < -0.4 is 21.1 Å². The van der Waals surface area contributed by atoms with E-state index in [1.165, 1.54) is 6.20 Å². The Hall–Kier alpha value is -3.78. The number of amides is 2. The molecule has 0 unspecified atom stereocenters. The lowest BCUT2D eigenvalue weighted by molar-refractivity contribution is 0.101. The summed E-state index contributed by atoms with van der Waals surface area (Å²) in [5, 5.41) is 5.46. The molecule has 146 valence electrons. The molecule has 0 saturated carbocycles. The minimum Gasteiger partial charge on any atom is -0.497 e. The van der Waals surface area contributed by atoms with Crippen molar-refractivity contribution < 1.29 is 14.3 Å². The van der Waals surface area contributed by atoms with Crippen molar-refractivity contribution in [1.29, 1.82) is 0 Å². The summed E-state index contributed by atoms with van der Waals surface area (Å²) in [5.41, 5.74) is 7.46. The molecule has 0 spiro atoms. The number of nitrogens with zero attached hydrogens (tertiary/aromatic N) is 1. The third-order valence-corrected chi connectivity index (χ3v) is 4.31. The van der Waals surface area contributed by atoms with Crippen LogP contribution in [0.3, 0.4) is 0 Å². The Morgan fingerprint density at radius 2 is 1.45 bits per heavy atom. The standard InChI is InChI=1S/C21H18N4O3S/c1-28-16-10-8-15(9-11-16)20(26)24-17-3-2-12-23-19(17)25-21(27)14-6-4-13(5-7-14)18(22)29/h2-12H,1H3,(H2,22,29)(H,24,26)(H,23,25,27). The van der Waals surface area contributed by atoms with Crippen LogP contribution in [0, 0.1) is 0 Å². The van der Waals surface area contributed by atoms with Gasteiger partial charge in [-0.15, -0.1) is 0 Å². The maximum atomic E-state index is 12.5. The van der Waals surface area contributed by atoms with E-state index in [1.54, 1.807) is 67.8 Å². The first kappa shape index (κ1) is 20.0. The lowest BCUT2D eigenvalue weighted by atomic mass is 10.1. The van der Waals surface area contributed by atoms with E-state index in [2.05, 4.69) is 15.6 Å². The van der Waals surface area contributed by atoms with Gasteiger partial charge in [-0.05, 0) is 48.5 Å². The molecule has 8 heteroatoms. The molecule has 4 N–H and O–H groups in total. The minimum atomic E-state index is -0.377. The number of methoxy groups -OCH3 is 1. The Morgan fingerprint density at radius 3 is 2.03 bits per heavy atom. The molecule has 0 aliphatic heterocycles. The number of rotatable bonds is 6. The van der Waals surface area contributed by atoms with Crippen molar-refractivity contribution in [1.82, 2.24) is 4.98 Å². The van der Waals surface area contributed by atoms with Crippen molar-refractivity contribution in [2.75, 3.05) is 17.7 Å². The van der Waals surface area contributed by atoms with Crippen LogP contribution in [-0.4, -0.2) is 28.9 Å². The van der Waals surface area contributed by atoms with Crippen LogP contribution in [0.4, 0.5) is 11.5 Å². The van der Waals surface area contributed by atoms with Gasteiger partial charge in [0.2, 0.25) is 0 Å². The largest absolute Gasteiger partial charge is 0.497 e. The van der Waals surface area contributed by atoms with Crippen molar-refractivity contribution in [3.05, 3.63) is 83.6 Å². The summed E-state index contributed by atoms with van der Waals surface area (Å²) in [6.07, 6.45) is 1.52. The number of hydrogen-bond donors (Lipinski definition) is 3. The van der Waals surface area contributed by atoms with Gasteiger partial charge < -0.3 is 21.1 Å². The van der Waals surface area contributed by atoms with Crippen molar-refractivity contribution in [3.63, 3.8) is 0 Å². The van der Waals surface area contributed by atoms with Crippen LogP contribution >= 0.6 is 12.2 Å². The molecular weight excluding hydrogens is 388 g/mol. The molecule has 2 amide bonds. The van der Waals surface area contributed by atoms with Crippen LogP contribution in [-0.2, 0) is 0 Å². The number of pyridine rings is 1. The van der Waals surface area contributed by atoms with Crippen molar-refractivity contribution in [3.8, 4) is 5.75 Å². The number of nitrogens with one attached hydrogen (secondary N) is 2. The van der Waals surface area contributed by atoms with E-state index in [0.29, 0.717) is 28.1 Å². The first-order valence-corrected chi connectivity index (χ1v) is 9.00. The molecule has 0 aliphatic rings. The van der Waals surface area contributed by atoms with Gasteiger partial charge in [0.1, 0.15) is 10.7 Å². The Morgan fingerprint density at radius 1 is 0.897 bits per heavy atom. The van der Waals surface area contributed by atoms with Gasteiger partial charge >= 0.3 is 0 Å². The molecule has 1 heterocycles. The maximum Gasteiger partial charge on any atom is 0.256 e. The average Bonchev–Trinajstić information content (AvgIpc) is 2.75. The monoisotopic (exact) mass is 406 g/mol. The highest BCUT2D eigenvalue weighted by atomic mass is 32.1. The predicted octanol–water partition coefficient (Wildman–Crippen LogP) is 3.23. The first-order valence-electron chi connectivity index (χ1n) is 8.59. The number of carbonyl (C=O) groups is 2. The second kappa shape index (κ2) is 8.94. The molecule has 3 rings (SSSR count). The molecule has 3 aromatic rings. The molecule has 7 nitrogen and oxygen atoms in total. The van der Waals surface area contributed by atoms with Crippen LogP contribution in [0.25, 0.3) is 0 Å². The third-order valence-electron chi connectivity index (χ3n) is 4.07. The van der Waals surface area contributed by atoms with Crippen molar-refractivity contribution in [2.24, 2.45) is 5.73 Å². The number of anilines is 2. The van der Waals surface area contributed by atoms with Gasteiger partial charge in [0.15, 0.2) is 5.82 Å². The van der Waals surface area contributed by atoms with Gasteiger partial charge in [-0.3, -0.25) is 9.59 Å². The van der Waals surface area contributed by atoms with Crippen LogP contribution in [0.2, 0.25) is 0 Å². The molecule has 0 radical (unpaired) electrons. The minimum absolute atomic E-state index is 0.234. The number of thiocarbonyl (C=S) groups is 1. The number of carbonyl (C=O) groups excluding carboxylic acids is 2. The zero-order chi connectivity index (χ0) is 20.8. The zero-order valence-corrected chi connectivity index (χ0v) is 16.3. The quantitative estimate of drug-likeness (QED) is 0.543. The second-order valence-electron chi connectivity index (χ2n) is 5.98. The first-order chi connectivity index (χ1) is 14.0. The molecule has 0 atom stereocenters. The highest BCUT2D eigenvalue weighted by Crippen LogP contribution is 2.21. The highest BCUT2D eigenvalue weighted by Gasteiger charge is 2.13. The summed E-state index contributed by atoms with van der Waals surface area (Å²) >= 11 is 4.91. The summed E-state index contributed by atoms with van der Waals surface area (Å²) in [4.78, 5) is 29.4. The van der Waals surface area contributed by atoms with Gasteiger partial charge in [0.05, 0.1) is 12.8 Å². The van der Waals surface area contributed by atoms with E-state index in [4.69, 9.17) is 22.7 Å². The summed E-state index contributed by atoms with van der Waals surface area (Å²) < 4.78 is 5.09. The van der Waals surface area contributed by atoms with Gasteiger partial charge in [0.25, 0.3) is 11.8 Å². The molecule has 1 aromatic heterocycles. The maximum absolute atomic E-state index is 12.5. The third kappa shape index (κ3) is 4.94. The highest BCUT2D eigenvalue weighted by molar-refractivity contribution is 7.80. The van der Waals surface area contributed by atoms with Gasteiger partial charge in [0, 0.05) is 22.9 Å². The number of aromatic nitrogens is 1. The topological polar surface area (TPSA) is 106 Å². The Kier molecular flexibility index (Phi) is 6.16. The smallest absolute Gasteiger partial charge is 0.256 e. The summed E-state index contributed by atoms with van der Waals surface area (Å²) in [6, 6.07) is 16.6. The second-order valence-corrected chi connectivity index (χ2v) is 6.42. The SMILES string of the molecule is COc1ccc(C(=O)Nc2cccnc2NC(=O)c2ccc(C(N)=S)cc2)cc1. The fraction of sp³-hybridized carbons (Fsp3) is 0.0476. The van der Waals surface area contributed by atoms with E-state index < -0.39 is 0 Å². The molecule has 0 bridgehead atoms. The van der Waals surface area contributed by atoms with E-state index in [0.717, 1.165) is 0 Å². The molecule has 0 fully saturated rings. The summed E-state index contributed by atoms with van der Waals surface area (Å²) in [7, 11) is 1.55. The number of nitrogens with two attached hydrogens (primary N) is 1. The molecule has 2 aromatic carbocycles. The van der Waals surface area contributed by atoms with Gasteiger partial charge in [-0.25, -0.2) is 4.98 Å². The van der Waals surface area contributed by atoms with Crippen molar-refractivity contribution >= 4 is 40.5 Å². The lowest BCUT2D eigenvalue weighted by Crippen LogP contribution is -2.18. The lowest BCUT2D eigenvalue weighted by Gasteiger charge is -2.12. The van der Waals surface area contributed by atoms with Crippen molar-refractivity contribution in [2.45, 2.75) is 0 Å². The average molecular weight is 406 g/mol. The van der Waals surface area contributed by atoms with Crippen LogP contribution in [0.1, 0.15) is 26.3 Å². The number of ether oxygens (including phenoxy) is 1. The number of hydrogen-bond acceptors (Lipinski definition) is 5. The van der Waals surface area contributed by atoms with E-state index >= 15 is 0 Å². The fourth-order valence-electron chi connectivity index (χ4n) is 2.51. The Bertz CT molecular complexity index is 1050. The molecule has 0 saturated heterocycles. The predicted molar refractivity (Wildman–Crippen MR) is 115 cm³/mol. The number of benzene rings is 2. The Labute approximate surface area is 172 Å². The van der Waals surface area contributed by atoms with Gasteiger partial charge in [-0.2, -0.15) is 0 Å². The molecule has 0 aliphatic carbocycles. The fourth-order valence-corrected chi connectivity index (χ4v) is 2.64. The van der Waals surface area contributed by atoms with E-state index in [9.17, 15) is 9.59 Å². The normalized spacial score (nSPS) is 10.1.